The van der Waals surface area contributed by atoms with E-state index in [4.69, 9.17) is 4.84 Å². The van der Waals surface area contributed by atoms with Gasteiger partial charge in [-0.25, -0.2) is 9.37 Å². The molecule has 6 nitrogen and oxygen atoms in total. The number of thiazole rings is 1. The molecule has 1 aliphatic heterocycles. The van der Waals surface area contributed by atoms with E-state index in [2.05, 4.69) is 20.2 Å². The lowest BCUT2D eigenvalue weighted by Gasteiger charge is -2.09. The topological polar surface area (TPSA) is 72.8 Å². The minimum absolute atomic E-state index is 0.0112. The molecule has 0 radical (unpaired) electrons. The van der Waals surface area contributed by atoms with Crippen molar-refractivity contribution in [2.45, 2.75) is 19.1 Å². The third kappa shape index (κ3) is 4.43. The predicted molar refractivity (Wildman–Crippen MR) is 105 cm³/mol. The molecule has 1 atom stereocenters. The number of nitrogens with zero attached hydrogens (tertiary/aromatic N) is 2. The molecule has 0 fully saturated rings. The smallest absolute Gasteiger partial charge is 0.387 e. The zero-order valence-corrected chi connectivity index (χ0v) is 16.0. The maximum Gasteiger partial charge on any atom is 0.387 e. The molecule has 0 spiro atoms. The Bertz CT molecular complexity index is 1100. The second-order valence-electron chi connectivity index (χ2n) is 6.25. The van der Waals surface area contributed by atoms with Crippen molar-refractivity contribution in [3.63, 3.8) is 0 Å². The molecule has 30 heavy (non-hydrogen) atoms. The molecule has 10 heteroatoms. The summed E-state index contributed by atoms with van der Waals surface area (Å²) in [5.41, 5.74) is 1.77. The Balaban J connectivity index is 1.42. The number of rotatable bonds is 6. The van der Waals surface area contributed by atoms with Crippen LogP contribution in [0.3, 0.4) is 0 Å². The van der Waals surface area contributed by atoms with Crippen LogP contribution in [-0.2, 0) is 9.63 Å². The minimum atomic E-state index is -2.96. The molecule has 2 aromatic carbocycles. The third-order valence-electron chi connectivity index (χ3n) is 4.23. The molecule has 0 aliphatic carbocycles. The highest BCUT2D eigenvalue weighted by Crippen LogP contribution is 2.33. The first kappa shape index (κ1) is 19.9. The number of halogens is 3. The number of nitrogens with one attached hydrogen (secondary N) is 1. The van der Waals surface area contributed by atoms with Gasteiger partial charge in [0.15, 0.2) is 5.13 Å². The van der Waals surface area contributed by atoms with Crippen molar-refractivity contribution in [3.8, 4) is 17.0 Å². The zero-order chi connectivity index (χ0) is 21.1. The van der Waals surface area contributed by atoms with Gasteiger partial charge in [0.1, 0.15) is 11.6 Å². The number of oxime groups is 1. The number of anilines is 1. The van der Waals surface area contributed by atoms with Crippen molar-refractivity contribution in [1.29, 1.82) is 0 Å². The number of alkyl halides is 2. The Morgan fingerprint density at radius 2 is 2.07 bits per heavy atom. The summed E-state index contributed by atoms with van der Waals surface area (Å²) in [6, 6.07) is 12.1. The number of aromatic nitrogens is 1. The van der Waals surface area contributed by atoms with Crippen LogP contribution >= 0.6 is 11.3 Å². The largest absolute Gasteiger partial charge is 0.434 e. The van der Waals surface area contributed by atoms with E-state index in [1.165, 1.54) is 18.2 Å². The highest BCUT2D eigenvalue weighted by molar-refractivity contribution is 7.14. The fraction of sp³-hybridized carbons (Fsp3) is 0.150. The van der Waals surface area contributed by atoms with Crippen LogP contribution in [0, 0.1) is 5.82 Å². The second-order valence-corrected chi connectivity index (χ2v) is 7.11. The van der Waals surface area contributed by atoms with Crippen LogP contribution in [0.4, 0.5) is 18.3 Å². The summed E-state index contributed by atoms with van der Waals surface area (Å²) >= 11 is 1.13. The van der Waals surface area contributed by atoms with Crippen LogP contribution in [0.25, 0.3) is 11.3 Å². The van der Waals surface area contributed by atoms with E-state index in [1.807, 2.05) is 0 Å². The van der Waals surface area contributed by atoms with Crippen LogP contribution in [-0.4, -0.2) is 29.3 Å². The Labute approximate surface area is 173 Å². The number of benzene rings is 2. The summed E-state index contributed by atoms with van der Waals surface area (Å²) in [5, 5.41) is 8.38. The Hall–Kier alpha value is -3.40. The molecule has 0 saturated carbocycles. The highest BCUT2D eigenvalue weighted by Gasteiger charge is 2.29. The summed E-state index contributed by atoms with van der Waals surface area (Å²) < 4.78 is 43.1. The minimum Gasteiger partial charge on any atom is -0.434 e. The standard InChI is InChI=1S/C20H14F3N3O3S/c21-12-5-3-4-11(8-12)14-9-17(29-26-14)18(27)25-20-24-15(10-30-20)13-6-1-2-7-16(13)28-19(22)23/h1-8,10,17,19H,9H2,(H,24,25,27). The number of para-hydroxylation sites is 1. The van der Waals surface area contributed by atoms with E-state index in [-0.39, 0.29) is 17.3 Å². The van der Waals surface area contributed by atoms with Gasteiger partial charge in [-0.1, -0.05) is 29.4 Å². The van der Waals surface area contributed by atoms with Crippen molar-refractivity contribution < 1.29 is 27.5 Å². The molecular formula is C20H14F3N3O3S. The number of carbonyl (C=O) groups is 1. The fourth-order valence-corrected chi connectivity index (χ4v) is 3.59. The summed E-state index contributed by atoms with van der Waals surface area (Å²) in [4.78, 5) is 21.9. The van der Waals surface area contributed by atoms with Crippen LogP contribution < -0.4 is 10.1 Å². The summed E-state index contributed by atoms with van der Waals surface area (Å²) in [5.74, 6) is -0.888. The zero-order valence-electron chi connectivity index (χ0n) is 15.2. The molecular weight excluding hydrogens is 419 g/mol. The molecule has 0 bridgehead atoms. The Morgan fingerprint density at radius 3 is 2.87 bits per heavy atom. The number of hydrogen-bond donors (Lipinski definition) is 1. The maximum absolute atomic E-state index is 13.4. The molecule has 1 N–H and O–H groups in total. The number of carbonyl (C=O) groups excluding carboxylic acids is 1. The lowest BCUT2D eigenvalue weighted by Crippen LogP contribution is -2.28. The first-order valence-electron chi connectivity index (χ1n) is 8.79. The van der Waals surface area contributed by atoms with Crippen molar-refractivity contribution in [3.05, 3.63) is 65.3 Å². The van der Waals surface area contributed by atoms with Gasteiger partial charge in [-0.05, 0) is 24.3 Å². The molecule has 1 aromatic heterocycles. The van der Waals surface area contributed by atoms with Crippen LogP contribution in [0.1, 0.15) is 12.0 Å². The third-order valence-corrected chi connectivity index (χ3v) is 4.99. The number of ether oxygens (including phenoxy) is 1. The van der Waals surface area contributed by atoms with Crippen LogP contribution in [0.2, 0.25) is 0 Å². The van der Waals surface area contributed by atoms with Crippen molar-refractivity contribution in [2.75, 3.05) is 5.32 Å². The molecule has 3 aromatic rings. The molecule has 154 valence electrons. The van der Waals surface area contributed by atoms with Crippen LogP contribution in [0.5, 0.6) is 5.75 Å². The fourth-order valence-electron chi connectivity index (χ4n) is 2.87. The molecule has 1 amide bonds. The Morgan fingerprint density at radius 1 is 1.23 bits per heavy atom. The van der Waals surface area contributed by atoms with Crippen molar-refractivity contribution >= 4 is 28.1 Å². The van der Waals surface area contributed by atoms with Gasteiger partial charge >= 0.3 is 6.61 Å². The second kappa shape index (κ2) is 8.54. The molecule has 0 saturated heterocycles. The summed E-state index contributed by atoms with van der Waals surface area (Å²) in [6.07, 6.45) is -0.705. The lowest BCUT2D eigenvalue weighted by atomic mass is 10.0. The van der Waals surface area contributed by atoms with Crippen molar-refractivity contribution in [2.24, 2.45) is 5.16 Å². The first-order valence-corrected chi connectivity index (χ1v) is 9.67. The van der Waals surface area contributed by atoms with E-state index in [0.717, 1.165) is 11.3 Å². The quantitative estimate of drug-likeness (QED) is 0.613. The number of hydrogen-bond acceptors (Lipinski definition) is 6. The average molecular weight is 433 g/mol. The number of amides is 1. The average Bonchev–Trinajstić information content (AvgIpc) is 3.38. The van der Waals surface area contributed by atoms with E-state index < -0.39 is 24.4 Å². The molecule has 1 aliphatic rings. The van der Waals surface area contributed by atoms with Gasteiger partial charge in [0, 0.05) is 22.9 Å². The highest BCUT2D eigenvalue weighted by atomic mass is 32.1. The van der Waals surface area contributed by atoms with E-state index >= 15 is 0 Å². The normalized spacial score (nSPS) is 15.6. The summed E-state index contributed by atoms with van der Waals surface area (Å²) in [6.45, 7) is -2.96. The lowest BCUT2D eigenvalue weighted by molar-refractivity contribution is -0.125. The van der Waals surface area contributed by atoms with Gasteiger partial charge in [-0.15, -0.1) is 11.3 Å². The van der Waals surface area contributed by atoms with Gasteiger partial charge in [0.2, 0.25) is 6.10 Å². The maximum atomic E-state index is 13.4. The predicted octanol–water partition coefficient (Wildman–Crippen LogP) is 4.68. The van der Waals surface area contributed by atoms with Gasteiger partial charge < -0.3 is 9.57 Å². The molecule has 1 unspecified atom stereocenters. The monoisotopic (exact) mass is 433 g/mol. The van der Waals surface area contributed by atoms with Gasteiger partial charge in [0.25, 0.3) is 5.91 Å². The summed E-state index contributed by atoms with van der Waals surface area (Å²) in [7, 11) is 0. The Kier molecular flexibility index (Phi) is 5.66. The van der Waals surface area contributed by atoms with Gasteiger partial charge in [-0.2, -0.15) is 8.78 Å². The molecule has 2 heterocycles. The van der Waals surface area contributed by atoms with E-state index in [1.54, 1.807) is 35.7 Å². The van der Waals surface area contributed by atoms with E-state index in [9.17, 15) is 18.0 Å². The SMILES string of the molecule is O=C(Nc1nc(-c2ccccc2OC(F)F)cs1)C1CC(c2cccc(F)c2)=NO1. The molecule has 4 rings (SSSR count). The van der Waals surface area contributed by atoms with Crippen molar-refractivity contribution in [1.82, 2.24) is 4.98 Å². The van der Waals surface area contributed by atoms with E-state index in [0.29, 0.717) is 22.5 Å². The van der Waals surface area contributed by atoms with Crippen LogP contribution in [0.15, 0.2) is 59.1 Å². The van der Waals surface area contributed by atoms with Gasteiger partial charge in [-0.3, -0.25) is 10.1 Å². The first-order chi connectivity index (χ1) is 14.5. The van der Waals surface area contributed by atoms with Gasteiger partial charge in [0.05, 0.1) is 11.4 Å².